The first-order chi connectivity index (χ1) is 13.5. The third kappa shape index (κ3) is 5.33. The van der Waals surface area contributed by atoms with Gasteiger partial charge in [-0.1, -0.05) is 18.2 Å². The van der Waals surface area contributed by atoms with Crippen molar-refractivity contribution in [1.82, 2.24) is 15.5 Å². The number of nitrogens with zero attached hydrogens (tertiary/aromatic N) is 2. The van der Waals surface area contributed by atoms with Crippen LogP contribution in [0.3, 0.4) is 0 Å². The van der Waals surface area contributed by atoms with Gasteiger partial charge in [0.25, 0.3) is 0 Å². The minimum Gasteiger partial charge on any atom is -0.378 e. The molecule has 0 spiro atoms. The summed E-state index contributed by atoms with van der Waals surface area (Å²) in [5, 5.41) is 7.45. The molecule has 1 aliphatic rings. The molecule has 1 saturated heterocycles. The summed E-state index contributed by atoms with van der Waals surface area (Å²) in [5.41, 5.74) is 2.30. The Labute approximate surface area is 170 Å². The average Bonchev–Trinajstić information content (AvgIpc) is 3.40. The van der Waals surface area contributed by atoms with Crippen LogP contribution in [0.5, 0.6) is 0 Å². The molecule has 3 rings (SSSR count). The Kier molecular flexibility index (Phi) is 7.06. The maximum atomic E-state index is 12.3. The zero-order valence-corrected chi connectivity index (χ0v) is 17.3. The number of carbonyl (C=O) groups is 2. The Bertz CT molecular complexity index is 768. The maximum absolute atomic E-state index is 12.3. The molecule has 0 aliphatic carbocycles. The Morgan fingerprint density at radius 1 is 1.07 bits per heavy atom. The molecule has 1 aliphatic heterocycles. The minimum atomic E-state index is -0.587. The van der Waals surface area contributed by atoms with E-state index in [9.17, 15) is 9.59 Å². The van der Waals surface area contributed by atoms with Gasteiger partial charge in [-0.3, -0.25) is 14.5 Å². The second-order valence-corrected chi connectivity index (χ2v) is 8.25. The number of rotatable bonds is 7. The molecule has 1 aromatic carbocycles. The number of anilines is 1. The lowest BCUT2D eigenvalue weighted by atomic mass is 10.0. The summed E-state index contributed by atoms with van der Waals surface area (Å²) in [6, 6.07) is 12.3. The van der Waals surface area contributed by atoms with Crippen LogP contribution >= 0.6 is 11.3 Å². The summed E-state index contributed by atoms with van der Waals surface area (Å²) in [4.78, 5) is 29.8. The number of hydrogen-bond acceptors (Lipinski definition) is 5. The van der Waals surface area contributed by atoms with Gasteiger partial charge in [-0.25, -0.2) is 0 Å². The number of thiophene rings is 1. The van der Waals surface area contributed by atoms with Gasteiger partial charge in [0.1, 0.15) is 0 Å². The second-order valence-electron chi connectivity index (χ2n) is 7.22. The van der Waals surface area contributed by atoms with Gasteiger partial charge in [-0.2, -0.15) is 0 Å². The van der Waals surface area contributed by atoms with E-state index in [1.54, 1.807) is 11.3 Å². The number of benzene rings is 1. The van der Waals surface area contributed by atoms with Crippen molar-refractivity contribution in [3.05, 3.63) is 52.2 Å². The number of nitrogens with one attached hydrogen (secondary N) is 2. The lowest BCUT2D eigenvalue weighted by molar-refractivity contribution is -0.139. The van der Waals surface area contributed by atoms with Gasteiger partial charge in [-0.05, 0) is 55.1 Å². The van der Waals surface area contributed by atoms with Gasteiger partial charge < -0.3 is 15.5 Å². The molecule has 28 heavy (non-hydrogen) atoms. The predicted octanol–water partition coefficient (Wildman–Crippen LogP) is 2.38. The van der Waals surface area contributed by atoms with Gasteiger partial charge in [0.05, 0.1) is 12.6 Å². The quantitative estimate of drug-likeness (QED) is 0.701. The van der Waals surface area contributed by atoms with E-state index >= 15 is 0 Å². The molecule has 2 N–H and O–H groups in total. The molecule has 0 radical (unpaired) electrons. The highest BCUT2D eigenvalue weighted by Gasteiger charge is 2.25. The van der Waals surface area contributed by atoms with Crippen LogP contribution in [0.2, 0.25) is 0 Å². The molecule has 1 atom stereocenters. The molecule has 7 heteroatoms. The first-order valence-electron chi connectivity index (χ1n) is 9.64. The molecule has 0 bridgehead atoms. The smallest absolute Gasteiger partial charge is 0.309 e. The summed E-state index contributed by atoms with van der Waals surface area (Å²) < 4.78 is 0. The highest BCUT2D eigenvalue weighted by Crippen LogP contribution is 2.26. The topological polar surface area (TPSA) is 64.7 Å². The van der Waals surface area contributed by atoms with Crippen LogP contribution < -0.4 is 15.5 Å². The molecule has 2 amide bonds. The van der Waals surface area contributed by atoms with Crippen LogP contribution in [-0.2, 0) is 16.1 Å². The zero-order chi connectivity index (χ0) is 19.9. The third-order valence-electron chi connectivity index (χ3n) is 5.04. The predicted molar refractivity (Wildman–Crippen MR) is 113 cm³/mol. The van der Waals surface area contributed by atoms with Crippen molar-refractivity contribution < 1.29 is 9.59 Å². The summed E-state index contributed by atoms with van der Waals surface area (Å²) in [5.74, 6) is -1.16. The molecule has 6 nitrogen and oxygen atoms in total. The van der Waals surface area contributed by atoms with E-state index in [0.29, 0.717) is 13.1 Å². The van der Waals surface area contributed by atoms with E-state index in [4.69, 9.17) is 0 Å². The minimum absolute atomic E-state index is 0.0766. The highest BCUT2D eigenvalue weighted by molar-refractivity contribution is 7.09. The summed E-state index contributed by atoms with van der Waals surface area (Å²) in [6.07, 6.45) is 2.34. The molecule has 150 valence electrons. The van der Waals surface area contributed by atoms with Crippen LogP contribution in [0.4, 0.5) is 5.69 Å². The molecular formula is C21H28N4O2S. The number of likely N-dealkylation sites (tertiary alicyclic amines) is 1. The fraction of sp³-hybridized carbons (Fsp3) is 0.429. The van der Waals surface area contributed by atoms with E-state index in [2.05, 4.69) is 44.7 Å². The van der Waals surface area contributed by atoms with Crippen molar-refractivity contribution in [2.45, 2.75) is 25.4 Å². The molecule has 0 saturated carbocycles. The van der Waals surface area contributed by atoms with E-state index in [0.717, 1.165) is 29.2 Å². The highest BCUT2D eigenvalue weighted by atomic mass is 32.1. The van der Waals surface area contributed by atoms with Crippen molar-refractivity contribution in [3.63, 3.8) is 0 Å². The Hall–Kier alpha value is -2.38. The van der Waals surface area contributed by atoms with Gasteiger partial charge >= 0.3 is 11.8 Å². The number of hydrogen-bond donors (Lipinski definition) is 2. The van der Waals surface area contributed by atoms with Gasteiger partial charge in [-0.15, -0.1) is 11.3 Å². The average molecular weight is 401 g/mol. The molecule has 1 fully saturated rings. The SMILES string of the molecule is CN(C)c1ccc([C@H](CNC(=O)C(=O)NCc2cccs2)N2CCCC2)cc1. The monoisotopic (exact) mass is 400 g/mol. The first kappa shape index (κ1) is 20.4. The largest absolute Gasteiger partial charge is 0.378 e. The number of amides is 2. The summed E-state index contributed by atoms with van der Waals surface area (Å²) in [7, 11) is 4.03. The van der Waals surface area contributed by atoms with E-state index in [1.165, 1.54) is 12.8 Å². The molecule has 2 aromatic rings. The van der Waals surface area contributed by atoms with Crippen molar-refractivity contribution in [3.8, 4) is 0 Å². The van der Waals surface area contributed by atoms with Crippen LogP contribution in [0.15, 0.2) is 41.8 Å². The number of carbonyl (C=O) groups excluding carboxylic acids is 2. The van der Waals surface area contributed by atoms with Gasteiger partial charge in [0.15, 0.2) is 0 Å². The van der Waals surface area contributed by atoms with E-state index in [1.807, 2.05) is 31.6 Å². The maximum Gasteiger partial charge on any atom is 0.309 e. The fourth-order valence-electron chi connectivity index (χ4n) is 3.44. The van der Waals surface area contributed by atoms with Crippen LogP contribution in [-0.4, -0.2) is 50.4 Å². The Balaban J connectivity index is 1.59. The summed E-state index contributed by atoms with van der Waals surface area (Å²) in [6.45, 7) is 2.83. The van der Waals surface area contributed by atoms with Crippen LogP contribution in [0.1, 0.15) is 29.3 Å². The third-order valence-corrected chi connectivity index (χ3v) is 5.92. The van der Waals surface area contributed by atoms with Crippen molar-refractivity contribution in [2.75, 3.05) is 38.6 Å². The standard InChI is InChI=1S/C21H28N4O2S/c1-24(2)17-9-7-16(8-10-17)19(25-11-3-4-12-25)15-23-21(27)20(26)22-14-18-6-5-13-28-18/h5-10,13,19H,3-4,11-12,14-15H2,1-2H3,(H,22,26)(H,23,27)/t19-/m0/s1. The van der Waals surface area contributed by atoms with Gasteiger partial charge in [0.2, 0.25) is 0 Å². The molecular weight excluding hydrogens is 372 g/mol. The zero-order valence-electron chi connectivity index (χ0n) is 16.5. The first-order valence-corrected chi connectivity index (χ1v) is 10.5. The van der Waals surface area contributed by atoms with Crippen molar-refractivity contribution >= 4 is 28.8 Å². The second kappa shape index (κ2) is 9.71. The van der Waals surface area contributed by atoms with Crippen molar-refractivity contribution in [2.24, 2.45) is 0 Å². The summed E-state index contributed by atoms with van der Waals surface area (Å²) >= 11 is 1.56. The molecule has 2 heterocycles. The molecule has 0 unspecified atom stereocenters. The van der Waals surface area contributed by atoms with Crippen molar-refractivity contribution in [1.29, 1.82) is 0 Å². The van der Waals surface area contributed by atoms with E-state index < -0.39 is 11.8 Å². The normalized spacial score (nSPS) is 15.2. The Morgan fingerprint density at radius 2 is 1.75 bits per heavy atom. The van der Waals surface area contributed by atoms with Crippen LogP contribution in [0, 0.1) is 0 Å². The van der Waals surface area contributed by atoms with Gasteiger partial charge in [0, 0.05) is 31.2 Å². The molecule has 1 aromatic heterocycles. The van der Waals surface area contributed by atoms with Crippen LogP contribution in [0.25, 0.3) is 0 Å². The van der Waals surface area contributed by atoms with E-state index in [-0.39, 0.29) is 6.04 Å². The lowest BCUT2D eigenvalue weighted by Crippen LogP contribution is -2.43. The lowest BCUT2D eigenvalue weighted by Gasteiger charge is -2.28. The fourth-order valence-corrected chi connectivity index (χ4v) is 4.08. The Morgan fingerprint density at radius 3 is 2.36 bits per heavy atom.